The van der Waals surface area contributed by atoms with Crippen molar-refractivity contribution in [2.45, 2.75) is 18.9 Å². The molecule has 4 heteroatoms. The average Bonchev–Trinajstić information content (AvgIpc) is 2.77. The van der Waals surface area contributed by atoms with E-state index in [0.717, 1.165) is 18.5 Å². The molecular formula is C13H18N4. The number of benzene rings is 1. The molecule has 1 unspecified atom stereocenters. The largest absolute Gasteiger partial charge is 0.313 e. The van der Waals surface area contributed by atoms with Gasteiger partial charge in [0.15, 0.2) is 0 Å². The van der Waals surface area contributed by atoms with Gasteiger partial charge in [0, 0.05) is 19.3 Å². The highest BCUT2D eigenvalue weighted by Gasteiger charge is 2.09. The molecule has 0 bridgehead atoms. The van der Waals surface area contributed by atoms with Crippen molar-refractivity contribution in [2.24, 2.45) is 7.05 Å². The summed E-state index contributed by atoms with van der Waals surface area (Å²) >= 11 is 0. The van der Waals surface area contributed by atoms with Gasteiger partial charge in [-0.25, -0.2) is 0 Å². The van der Waals surface area contributed by atoms with E-state index in [2.05, 4.69) is 39.9 Å². The zero-order valence-corrected chi connectivity index (χ0v) is 10.3. The normalized spacial score (nSPS) is 12.6. The zero-order chi connectivity index (χ0) is 12.1. The minimum Gasteiger partial charge on any atom is -0.313 e. The molecule has 0 aliphatic heterocycles. The van der Waals surface area contributed by atoms with Gasteiger partial charge >= 0.3 is 0 Å². The maximum atomic E-state index is 4.10. The van der Waals surface area contributed by atoms with Crippen LogP contribution >= 0.6 is 0 Å². The molecular weight excluding hydrogens is 212 g/mol. The van der Waals surface area contributed by atoms with Gasteiger partial charge in [-0.15, -0.1) is 5.10 Å². The van der Waals surface area contributed by atoms with E-state index in [1.807, 2.05) is 26.4 Å². The first-order chi connectivity index (χ1) is 8.29. The Kier molecular flexibility index (Phi) is 3.88. The van der Waals surface area contributed by atoms with Crippen LogP contribution < -0.4 is 5.32 Å². The van der Waals surface area contributed by atoms with Gasteiger partial charge in [0.1, 0.15) is 0 Å². The van der Waals surface area contributed by atoms with Crippen molar-refractivity contribution in [2.75, 3.05) is 7.05 Å². The average molecular weight is 230 g/mol. The molecule has 0 amide bonds. The number of hydrogen-bond acceptors (Lipinski definition) is 3. The first-order valence-corrected chi connectivity index (χ1v) is 5.87. The zero-order valence-electron chi connectivity index (χ0n) is 10.3. The molecule has 0 aliphatic rings. The van der Waals surface area contributed by atoms with E-state index >= 15 is 0 Å². The molecule has 1 heterocycles. The fourth-order valence-electron chi connectivity index (χ4n) is 1.97. The molecule has 1 N–H and O–H groups in total. The van der Waals surface area contributed by atoms with Crippen molar-refractivity contribution in [1.82, 2.24) is 20.3 Å². The highest BCUT2D eigenvalue weighted by atomic mass is 15.4. The predicted octanol–water partition coefficient (Wildman–Crippen LogP) is 1.71. The summed E-state index contributed by atoms with van der Waals surface area (Å²) < 4.78 is 1.74. The second-order valence-corrected chi connectivity index (χ2v) is 4.17. The number of rotatable bonds is 5. The molecule has 90 valence electrons. The topological polar surface area (TPSA) is 42.7 Å². The molecule has 1 aromatic heterocycles. The standard InChI is InChI=1S/C13H18N4/c1-14-13(11-6-4-3-5-7-11)9-8-12-10-17(2)16-15-12/h3-7,10,13-14H,8-9H2,1-2H3. The Morgan fingerprint density at radius 1 is 1.29 bits per heavy atom. The fraction of sp³-hybridized carbons (Fsp3) is 0.385. The van der Waals surface area contributed by atoms with Gasteiger partial charge in [-0.05, 0) is 25.5 Å². The van der Waals surface area contributed by atoms with E-state index in [1.165, 1.54) is 5.56 Å². The van der Waals surface area contributed by atoms with Crippen LogP contribution in [0.1, 0.15) is 23.7 Å². The predicted molar refractivity (Wildman–Crippen MR) is 67.6 cm³/mol. The molecule has 0 aliphatic carbocycles. The second-order valence-electron chi connectivity index (χ2n) is 4.17. The second kappa shape index (κ2) is 5.59. The van der Waals surface area contributed by atoms with Crippen molar-refractivity contribution >= 4 is 0 Å². The molecule has 4 nitrogen and oxygen atoms in total. The summed E-state index contributed by atoms with van der Waals surface area (Å²) in [6.07, 6.45) is 3.94. The number of nitrogens with zero attached hydrogens (tertiary/aromatic N) is 3. The molecule has 2 aromatic rings. The van der Waals surface area contributed by atoms with E-state index in [-0.39, 0.29) is 0 Å². The Hall–Kier alpha value is -1.68. The van der Waals surface area contributed by atoms with Crippen LogP contribution in [0.5, 0.6) is 0 Å². The van der Waals surface area contributed by atoms with Crippen LogP contribution in [0, 0.1) is 0 Å². The summed E-state index contributed by atoms with van der Waals surface area (Å²) in [6, 6.07) is 10.9. The summed E-state index contributed by atoms with van der Waals surface area (Å²) in [5.74, 6) is 0. The third-order valence-electron chi connectivity index (χ3n) is 2.89. The molecule has 0 fully saturated rings. The van der Waals surface area contributed by atoms with Crippen molar-refractivity contribution in [3.63, 3.8) is 0 Å². The van der Waals surface area contributed by atoms with Gasteiger partial charge in [-0.3, -0.25) is 4.68 Å². The third kappa shape index (κ3) is 3.14. The number of aromatic nitrogens is 3. The Balaban J connectivity index is 1.97. The number of hydrogen-bond donors (Lipinski definition) is 1. The highest BCUT2D eigenvalue weighted by molar-refractivity contribution is 5.19. The maximum absolute atomic E-state index is 4.10. The minimum atomic E-state index is 0.373. The summed E-state index contributed by atoms with van der Waals surface area (Å²) in [6.45, 7) is 0. The molecule has 0 saturated carbocycles. The third-order valence-corrected chi connectivity index (χ3v) is 2.89. The summed E-state index contributed by atoms with van der Waals surface area (Å²) in [5.41, 5.74) is 2.36. The Morgan fingerprint density at radius 2 is 2.06 bits per heavy atom. The summed E-state index contributed by atoms with van der Waals surface area (Å²) in [4.78, 5) is 0. The van der Waals surface area contributed by atoms with Crippen LogP contribution in [0.25, 0.3) is 0 Å². The first-order valence-electron chi connectivity index (χ1n) is 5.87. The van der Waals surface area contributed by atoms with Gasteiger partial charge in [0.05, 0.1) is 5.69 Å². The van der Waals surface area contributed by atoms with Crippen LogP contribution in [0.2, 0.25) is 0 Å². The van der Waals surface area contributed by atoms with E-state index in [0.29, 0.717) is 6.04 Å². The highest BCUT2D eigenvalue weighted by Crippen LogP contribution is 2.17. The first kappa shape index (κ1) is 11.8. The molecule has 2 rings (SSSR count). The lowest BCUT2D eigenvalue weighted by Gasteiger charge is -2.15. The molecule has 0 saturated heterocycles. The van der Waals surface area contributed by atoms with Crippen LogP contribution in [-0.4, -0.2) is 22.0 Å². The Morgan fingerprint density at radius 3 is 2.65 bits per heavy atom. The quantitative estimate of drug-likeness (QED) is 0.850. The van der Waals surface area contributed by atoms with Crippen LogP contribution in [0.4, 0.5) is 0 Å². The SMILES string of the molecule is CNC(CCc1cn(C)nn1)c1ccccc1. The van der Waals surface area contributed by atoms with Gasteiger partial charge in [0.2, 0.25) is 0 Å². The van der Waals surface area contributed by atoms with Crippen LogP contribution in [0.15, 0.2) is 36.5 Å². The summed E-state index contributed by atoms with van der Waals surface area (Å²) in [7, 11) is 3.89. The summed E-state index contributed by atoms with van der Waals surface area (Å²) in [5, 5.41) is 11.4. The molecule has 1 aromatic carbocycles. The van der Waals surface area contributed by atoms with E-state index in [4.69, 9.17) is 0 Å². The van der Waals surface area contributed by atoms with Gasteiger partial charge in [0.25, 0.3) is 0 Å². The lowest BCUT2D eigenvalue weighted by molar-refractivity contribution is 0.545. The molecule has 17 heavy (non-hydrogen) atoms. The lowest BCUT2D eigenvalue weighted by atomic mass is 10.0. The molecule has 1 atom stereocenters. The van der Waals surface area contributed by atoms with Crippen molar-refractivity contribution in [3.05, 3.63) is 47.8 Å². The minimum absolute atomic E-state index is 0.373. The number of nitrogens with one attached hydrogen (secondary N) is 1. The smallest absolute Gasteiger partial charge is 0.0827 e. The van der Waals surface area contributed by atoms with Crippen molar-refractivity contribution < 1.29 is 0 Å². The van der Waals surface area contributed by atoms with Gasteiger partial charge < -0.3 is 5.32 Å². The monoisotopic (exact) mass is 230 g/mol. The Labute approximate surface area is 102 Å². The lowest BCUT2D eigenvalue weighted by Crippen LogP contribution is -2.17. The van der Waals surface area contributed by atoms with E-state index < -0.39 is 0 Å². The number of aryl methyl sites for hydroxylation is 2. The molecule has 0 radical (unpaired) electrons. The van der Waals surface area contributed by atoms with Crippen LogP contribution in [-0.2, 0) is 13.5 Å². The van der Waals surface area contributed by atoms with Crippen molar-refractivity contribution in [3.8, 4) is 0 Å². The van der Waals surface area contributed by atoms with E-state index in [1.54, 1.807) is 4.68 Å². The van der Waals surface area contributed by atoms with Crippen molar-refractivity contribution in [1.29, 1.82) is 0 Å². The van der Waals surface area contributed by atoms with E-state index in [9.17, 15) is 0 Å². The fourth-order valence-corrected chi connectivity index (χ4v) is 1.97. The maximum Gasteiger partial charge on any atom is 0.0827 e. The Bertz CT molecular complexity index is 449. The molecule has 0 spiro atoms. The van der Waals surface area contributed by atoms with Gasteiger partial charge in [-0.2, -0.15) is 0 Å². The van der Waals surface area contributed by atoms with Crippen LogP contribution in [0.3, 0.4) is 0 Å². The van der Waals surface area contributed by atoms with Gasteiger partial charge in [-0.1, -0.05) is 35.5 Å².